The number of nitrogens with one attached hydrogen (secondary N) is 1. The van der Waals surface area contributed by atoms with Crippen molar-refractivity contribution in [3.8, 4) is 0 Å². The lowest BCUT2D eigenvalue weighted by molar-refractivity contribution is 0.102. The summed E-state index contributed by atoms with van der Waals surface area (Å²) < 4.78 is 64.5. The molecule has 0 fully saturated rings. The number of hydrogen-bond acceptors (Lipinski definition) is 4. The van der Waals surface area contributed by atoms with Gasteiger partial charge in [-0.2, -0.15) is 0 Å². The second kappa shape index (κ2) is 8.76. The van der Waals surface area contributed by atoms with E-state index in [1.54, 1.807) is 13.1 Å². The molecule has 2 aromatic carbocycles. The molecule has 29 heavy (non-hydrogen) atoms. The van der Waals surface area contributed by atoms with Crippen LogP contribution in [0.1, 0.15) is 33.6 Å². The smallest absolute Gasteiger partial charge is 0.231 e. The van der Waals surface area contributed by atoms with E-state index in [0.717, 1.165) is 0 Å². The molecule has 6 nitrogen and oxygen atoms in total. The van der Waals surface area contributed by atoms with Gasteiger partial charge in [-0.25, -0.2) is 27.1 Å². The number of hydrogen-bond donors (Lipinski definition) is 2. The number of fused-ring (bicyclic) bond motifs is 1. The van der Waals surface area contributed by atoms with Gasteiger partial charge in [-0.15, -0.1) is 0 Å². The van der Waals surface area contributed by atoms with Gasteiger partial charge in [-0.05, 0) is 49.6 Å². The lowest BCUT2D eigenvalue weighted by Gasteiger charge is -2.11. The molecule has 0 aliphatic heterocycles. The van der Waals surface area contributed by atoms with Crippen molar-refractivity contribution < 1.29 is 26.7 Å². The summed E-state index contributed by atoms with van der Waals surface area (Å²) in [6, 6.07) is 4.87. The van der Waals surface area contributed by atoms with E-state index in [4.69, 9.17) is 4.55 Å². The molecule has 1 aromatic heterocycles. The summed E-state index contributed by atoms with van der Waals surface area (Å²) in [7, 11) is 0. The highest BCUT2D eigenvalue weighted by Gasteiger charge is 2.25. The Morgan fingerprint density at radius 3 is 2.66 bits per heavy atom. The van der Waals surface area contributed by atoms with E-state index in [9.17, 15) is 22.2 Å². The van der Waals surface area contributed by atoms with Gasteiger partial charge in [0.25, 0.3) is 0 Å². The summed E-state index contributed by atoms with van der Waals surface area (Å²) in [5, 5.41) is 0. The Balaban J connectivity index is 1.96. The number of aryl methyl sites for hydroxylation is 2. The molecule has 3 rings (SSSR count). The molecule has 10 heteroatoms. The lowest BCUT2D eigenvalue weighted by Crippen LogP contribution is -2.18. The van der Waals surface area contributed by atoms with E-state index in [0.29, 0.717) is 22.8 Å². The fourth-order valence-corrected chi connectivity index (χ4v) is 3.18. The van der Waals surface area contributed by atoms with Crippen molar-refractivity contribution in [1.82, 2.24) is 14.7 Å². The summed E-state index contributed by atoms with van der Waals surface area (Å²) in [4.78, 5) is 21.1. The number of carbonyl (C=O) groups excluding carboxylic acids is 1. The highest BCUT2D eigenvalue weighted by Crippen LogP contribution is 2.25. The molecule has 0 aliphatic rings. The zero-order valence-electron chi connectivity index (χ0n) is 15.2. The SMILES string of the molecule is Cc1cnc2ccc(C(=O)c3c(F)c(F)cc(CCCNS(=O)O)c3F)cc2n1. The van der Waals surface area contributed by atoms with Gasteiger partial charge >= 0.3 is 0 Å². The van der Waals surface area contributed by atoms with Gasteiger partial charge in [0.15, 0.2) is 17.4 Å². The van der Waals surface area contributed by atoms with Crippen LogP contribution in [0.2, 0.25) is 0 Å². The van der Waals surface area contributed by atoms with Crippen LogP contribution in [0.4, 0.5) is 13.2 Å². The molecule has 152 valence electrons. The number of carbonyl (C=O) groups is 1. The van der Waals surface area contributed by atoms with E-state index < -0.39 is 40.1 Å². The summed E-state index contributed by atoms with van der Waals surface area (Å²) in [6.45, 7) is 1.76. The largest absolute Gasteiger partial charge is 0.294 e. The van der Waals surface area contributed by atoms with Gasteiger partial charge in [0, 0.05) is 18.3 Å². The summed E-state index contributed by atoms with van der Waals surface area (Å²) >= 11 is -2.23. The molecule has 1 atom stereocenters. The topological polar surface area (TPSA) is 92.2 Å². The van der Waals surface area contributed by atoms with Crippen molar-refractivity contribution in [2.24, 2.45) is 0 Å². The lowest BCUT2D eigenvalue weighted by atomic mass is 9.97. The third-order valence-electron chi connectivity index (χ3n) is 4.23. The van der Waals surface area contributed by atoms with Crippen molar-refractivity contribution in [2.75, 3.05) is 6.54 Å². The molecule has 0 spiro atoms. The van der Waals surface area contributed by atoms with E-state index in [1.165, 1.54) is 18.2 Å². The molecule has 1 heterocycles. The normalized spacial score (nSPS) is 12.3. The van der Waals surface area contributed by atoms with Crippen molar-refractivity contribution in [3.05, 3.63) is 70.3 Å². The van der Waals surface area contributed by atoms with E-state index in [2.05, 4.69) is 14.7 Å². The minimum Gasteiger partial charge on any atom is -0.294 e. The number of aromatic nitrogens is 2. The van der Waals surface area contributed by atoms with Crippen molar-refractivity contribution in [1.29, 1.82) is 0 Å². The van der Waals surface area contributed by atoms with Crippen LogP contribution in [0.25, 0.3) is 11.0 Å². The molecule has 2 N–H and O–H groups in total. The first kappa shape index (κ1) is 21.0. The number of halogens is 3. The van der Waals surface area contributed by atoms with Crippen molar-refractivity contribution in [2.45, 2.75) is 19.8 Å². The first-order chi connectivity index (χ1) is 13.8. The number of ketones is 1. The van der Waals surface area contributed by atoms with Gasteiger partial charge in [-0.1, -0.05) is 0 Å². The Hall–Kier alpha value is -2.69. The summed E-state index contributed by atoms with van der Waals surface area (Å²) in [6.07, 6.45) is 1.66. The maximum atomic E-state index is 14.8. The Labute approximate surface area is 166 Å². The number of nitrogens with zero attached hydrogens (tertiary/aromatic N) is 2. The van der Waals surface area contributed by atoms with Crippen LogP contribution in [-0.4, -0.2) is 31.1 Å². The molecular weight excluding hydrogens is 407 g/mol. The minimum atomic E-state index is -2.23. The monoisotopic (exact) mass is 423 g/mol. The third kappa shape index (κ3) is 4.66. The van der Waals surface area contributed by atoms with Crippen LogP contribution in [0, 0.1) is 24.4 Å². The summed E-state index contributed by atoms with van der Waals surface area (Å²) in [5.74, 6) is -5.09. The minimum absolute atomic E-state index is 0.0491. The van der Waals surface area contributed by atoms with Crippen LogP contribution >= 0.6 is 0 Å². The van der Waals surface area contributed by atoms with Crippen LogP contribution in [-0.2, 0) is 17.7 Å². The fourth-order valence-electron chi connectivity index (χ4n) is 2.87. The number of benzene rings is 2. The molecule has 0 bridgehead atoms. The summed E-state index contributed by atoms with van der Waals surface area (Å²) in [5.41, 5.74) is 0.236. The molecule has 0 aliphatic carbocycles. The zero-order chi connectivity index (χ0) is 21.1. The van der Waals surface area contributed by atoms with Gasteiger partial charge in [-0.3, -0.25) is 14.3 Å². The highest BCUT2D eigenvalue weighted by atomic mass is 32.2. The second-order valence-electron chi connectivity index (χ2n) is 6.31. The maximum Gasteiger partial charge on any atom is 0.231 e. The van der Waals surface area contributed by atoms with Crippen LogP contribution in [0.5, 0.6) is 0 Å². The first-order valence-electron chi connectivity index (χ1n) is 8.56. The Bertz CT molecular complexity index is 1120. The predicted molar refractivity (Wildman–Crippen MR) is 101 cm³/mol. The van der Waals surface area contributed by atoms with E-state index in [1.807, 2.05) is 0 Å². The van der Waals surface area contributed by atoms with Crippen LogP contribution < -0.4 is 4.72 Å². The average molecular weight is 423 g/mol. The molecule has 0 saturated heterocycles. The highest BCUT2D eigenvalue weighted by molar-refractivity contribution is 7.77. The van der Waals surface area contributed by atoms with Crippen molar-refractivity contribution in [3.63, 3.8) is 0 Å². The molecule has 0 radical (unpaired) electrons. The third-order valence-corrected chi connectivity index (χ3v) is 4.68. The molecule has 1 unspecified atom stereocenters. The van der Waals surface area contributed by atoms with Gasteiger partial charge in [0.2, 0.25) is 11.3 Å². The van der Waals surface area contributed by atoms with Gasteiger partial charge in [0.05, 0.1) is 22.3 Å². The van der Waals surface area contributed by atoms with Crippen molar-refractivity contribution >= 4 is 28.1 Å². The quantitative estimate of drug-likeness (QED) is 0.263. The molecule has 3 aromatic rings. The Kier molecular flexibility index (Phi) is 6.36. The fraction of sp³-hybridized carbons (Fsp3) is 0.211. The Morgan fingerprint density at radius 2 is 1.93 bits per heavy atom. The predicted octanol–water partition coefficient (Wildman–Crippen LogP) is 3.25. The maximum absolute atomic E-state index is 14.8. The standard InChI is InChI=1S/C19H16F3N3O3S/c1-10-9-23-14-5-4-12(8-15(14)25-10)19(26)16-17(21)11(7-13(20)18(16)22)3-2-6-24-29(27)28/h4-5,7-9,24H,2-3,6H2,1H3,(H,27,28). The molecular formula is C19H16F3N3O3S. The van der Waals surface area contributed by atoms with E-state index in [-0.39, 0.29) is 30.5 Å². The number of rotatable bonds is 7. The average Bonchev–Trinajstić information content (AvgIpc) is 2.68. The van der Waals surface area contributed by atoms with Gasteiger partial charge in [0.1, 0.15) is 5.82 Å². The second-order valence-corrected chi connectivity index (χ2v) is 7.10. The molecule has 0 saturated carbocycles. The van der Waals surface area contributed by atoms with E-state index >= 15 is 0 Å². The van der Waals surface area contributed by atoms with Gasteiger partial charge < -0.3 is 0 Å². The van der Waals surface area contributed by atoms with Crippen LogP contribution in [0.3, 0.4) is 0 Å². The van der Waals surface area contributed by atoms with Crippen LogP contribution in [0.15, 0.2) is 30.5 Å². The first-order valence-corrected chi connectivity index (χ1v) is 9.67. The molecule has 0 amide bonds. The Morgan fingerprint density at radius 1 is 1.17 bits per heavy atom. The zero-order valence-corrected chi connectivity index (χ0v) is 16.0.